The van der Waals surface area contributed by atoms with E-state index in [1.54, 1.807) is 19.2 Å². The molecule has 23 heavy (non-hydrogen) atoms. The smallest absolute Gasteiger partial charge is 0.161 e. The van der Waals surface area contributed by atoms with E-state index in [4.69, 9.17) is 9.47 Å². The van der Waals surface area contributed by atoms with Crippen molar-refractivity contribution in [1.82, 2.24) is 0 Å². The maximum atomic E-state index is 10.2. The normalized spacial score (nSPS) is 18.4. The van der Waals surface area contributed by atoms with Crippen molar-refractivity contribution in [3.05, 3.63) is 23.8 Å². The molecule has 1 saturated heterocycles. The molecule has 0 amide bonds. The molecule has 1 aliphatic rings. The van der Waals surface area contributed by atoms with Crippen molar-refractivity contribution in [2.45, 2.75) is 44.8 Å². The number of nitrogens with one attached hydrogen (secondary N) is 1. The highest BCUT2D eigenvalue weighted by Crippen LogP contribution is 2.31. The SMILES string of the molecule is CC[C@@H](O)c1ccc(OC[C@@H](O)C[NH+]2CCCCC2)c(OC)c1. The molecule has 0 radical (unpaired) electrons. The predicted octanol–water partition coefficient (Wildman–Crippen LogP) is 0.947. The lowest BCUT2D eigenvalue weighted by atomic mass is 10.1. The van der Waals surface area contributed by atoms with Crippen LogP contribution in [0.3, 0.4) is 0 Å². The van der Waals surface area contributed by atoms with Crippen molar-refractivity contribution >= 4 is 0 Å². The summed E-state index contributed by atoms with van der Waals surface area (Å²) in [5.74, 6) is 1.19. The van der Waals surface area contributed by atoms with Crippen molar-refractivity contribution < 1.29 is 24.6 Å². The zero-order valence-electron chi connectivity index (χ0n) is 14.3. The molecule has 2 rings (SSSR count). The molecule has 5 nitrogen and oxygen atoms in total. The third kappa shape index (κ3) is 5.37. The molecule has 0 unspecified atom stereocenters. The minimum atomic E-state index is -0.494. The van der Waals surface area contributed by atoms with E-state index in [-0.39, 0.29) is 6.61 Å². The fourth-order valence-electron chi connectivity index (χ4n) is 3.08. The minimum absolute atomic E-state index is 0.259. The van der Waals surface area contributed by atoms with E-state index in [9.17, 15) is 10.2 Å². The number of rotatable bonds is 8. The number of hydrogen-bond acceptors (Lipinski definition) is 4. The number of ether oxygens (including phenoxy) is 2. The largest absolute Gasteiger partial charge is 0.493 e. The Balaban J connectivity index is 1.88. The van der Waals surface area contributed by atoms with Crippen LogP contribution in [-0.2, 0) is 0 Å². The van der Waals surface area contributed by atoms with Crippen molar-refractivity contribution in [2.24, 2.45) is 0 Å². The van der Waals surface area contributed by atoms with Crippen molar-refractivity contribution in [3.63, 3.8) is 0 Å². The Hall–Kier alpha value is -1.30. The summed E-state index contributed by atoms with van der Waals surface area (Å²) in [6, 6.07) is 5.44. The third-order valence-electron chi connectivity index (χ3n) is 4.48. The molecule has 1 aromatic carbocycles. The van der Waals surface area contributed by atoms with Crippen LogP contribution < -0.4 is 14.4 Å². The molecule has 0 aliphatic carbocycles. The maximum Gasteiger partial charge on any atom is 0.161 e. The van der Waals surface area contributed by atoms with E-state index < -0.39 is 12.2 Å². The number of quaternary nitrogens is 1. The second-order valence-corrected chi connectivity index (χ2v) is 6.31. The van der Waals surface area contributed by atoms with Gasteiger partial charge in [0.15, 0.2) is 11.5 Å². The van der Waals surface area contributed by atoms with Gasteiger partial charge in [0.25, 0.3) is 0 Å². The highest BCUT2D eigenvalue weighted by molar-refractivity contribution is 5.43. The summed E-state index contributed by atoms with van der Waals surface area (Å²) < 4.78 is 11.1. The van der Waals surface area contributed by atoms with Gasteiger partial charge in [0, 0.05) is 0 Å². The molecule has 0 saturated carbocycles. The summed E-state index contributed by atoms with van der Waals surface area (Å²) in [6.07, 6.45) is 3.49. The summed E-state index contributed by atoms with van der Waals surface area (Å²) in [6.45, 7) is 5.21. The summed E-state index contributed by atoms with van der Waals surface area (Å²) in [4.78, 5) is 1.46. The minimum Gasteiger partial charge on any atom is -0.493 e. The molecule has 0 bridgehead atoms. The molecular weight excluding hydrogens is 294 g/mol. The average molecular weight is 324 g/mol. The molecule has 1 fully saturated rings. The Bertz CT molecular complexity index is 474. The Morgan fingerprint density at radius 3 is 2.52 bits per heavy atom. The first kappa shape index (κ1) is 18.0. The third-order valence-corrected chi connectivity index (χ3v) is 4.48. The van der Waals surface area contributed by atoms with Gasteiger partial charge in [-0.05, 0) is 43.4 Å². The first-order valence-electron chi connectivity index (χ1n) is 8.64. The number of benzene rings is 1. The van der Waals surface area contributed by atoms with Crippen LogP contribution in [-0.4, -0.2) is 49.7 Å². The Labute approximate surface area is 138 Å². The second kappa shape index (κ2) is 9.11. The first-order valence-corrected chi connectivity index (χ1v) is 8.64. The molecule has 3 N–H and O–H groups in total. The molecule has 1 aromatic rings. The van der Waals surface area contributed by atoms with Crippen LogP contribution in [0.15, 0.2) is 18.2 Å². The summed E-state index contributed by atoms with van der Waals surface area (Å²) in [5, 5.41) is 20.1. The zero-order chi connectivity index (χ0) is 16.7. The van der Waals surface area contributed by atoms with Gasteiger partial charge in [0.1, 0.15) is 19.3 Å². The summed E-state index contributed by atoms with van der Waals surface area (Å²) in [5.41, 5.74) is 0.815. The van der Waals surface area contributed by atoms with Gasteiger partial charge in [-0.15, -0.1) is 0 Å². The van der Waals surface area contributed by atoms with Crippen molar-refractivity contribution in [1.29, 1.82) is 0 Å². The van der Waals surface area contributed by atoms with Crippen LogP contribution >= 0.6 is 0 Å². The molecule has 0 spiro atoms. The van der Waals surface area contributed by atoms with Gasteiger partial charge in [-0.3, -0.25) is 0 Å². The lowest BCUT2D eigenvalue weighted by molar-refractivity contribution is -0.908. The average Bonchev–Trinajstić information content (AvgIpc) is 2.60. The van der Waals surface area contributed by atoms with Gasteiger partial charge in [-0.1, -0.05) is 13.0 Å². The summed E-state index contributed by atoms with van der Waals surface area (Å²) in [7, 11) is 1.58. The van der Waals surface area contributed by atoms with Crippen LogP contribution in [0, 0.1) is 0 Å². The van der Waals surface area contributed by atoms with E-state index in [0.29, 0.717) is 17.9 Å². The van der Waals surface area contributed by atoms with Crippen molar-refractivity contribution in [3.8, 4) is 11.5 Å². The highest BCUT2D eigenvalue weighted by Gasteiger charge is 2.19. The lowest BCUT2D eigenvalue weighted by Crippen LogP contribution is -3.14. The second-order valence-electron chi connectivity index (χ2n) is 6.31. The van der Waals surface area contributed by atoms with E-state index >= 15 is 0 Å². The molecular formula is C18H30NO4+. The van der Waals surface area contributed by atoms with Gasteiger partial charge in [0.2, 0.25) is 0 Å². The van der Waals surface area contributed by atoms with Gasteiger partial charge < -0.3 is 24.6 Å². The monoisotopic (exact) mass is 324 g/mol. The molecule has 1 heterocycles. The molecule has 2 atom stereocenters. The predicted molar refractivity (Wildman–Crippen MR) is 89.2 cm³/mol. The van der Waals surface area contributed by atoms with Gasteiger partial charge in [-0.2, -0.15) is 0 Å². The Kier molecular flexibility index (Phi) is 7.15. The molecule has 0 aromatic heterocycles. The fourth-order valence-corrected chi connectivity index (χ4v) is 3.08. The number of hydrogen-bond donors (Lipinski definition) is 3. The molecule has 5 heteroatoms. The highest BCUT2D eigenvalue weighted by atomic mass is 16.5. The van der Waals surface area contributed by atoms with Crippen LogP contribution in [0.1, 0.15) is 44.3 Å². The van der Waals surface area contributed by atoms with E-state index in [2.05, 4.69) is 0 Å². The van der Waals surface area contributed by atoms with E-state index in [0.717, 1.165) is 25.2 Å². The molecule has 1 aliphatic heterocycles. The van der Waals surface area contributed by atoms with Crippen LogP contribution in [0.2, 0.25) is 0 Å². The standard InChI is InChI=1S/C18H29NO4/c1-3-16(21)14-7-8-17(18(11-14)22-2)23-13-15(20)12-19-9-5-4-6-10-19/h7-8,11,15-16,20-21H,3-6,9-10,12-13H2,1-2H3/p+1/t15-,16+/m0/s1. The Morgan fingerprint density at radius 2 is 1.87 bits per heavy atom. The lowest BCUT2D eigenvalue weighted by Gasteiger charge is -2.25. The van der Waals surface area contributed by atoms with Crippen LogP contribution in [0.5, 0.6) is 11.5 Å². The summed E-state index contributed by atoms with van der Waals surface area (Å²) >= 11 is 0. The topological polar surface area (TPSA) is 63.4 Å². The van der Waals surface area contributed by atoms with Gasteiger partial charge in [-0.25, -0.2) is 0 Å². The molecule has 130 valence electrons. The first-order chi connectivity index (χ1) is 11.1. The maximum absolute atomic E-state index is 10.2. The van der Waals surface area contributed by atoms with Crippen LogP contribution in [0.4, 0.5) is 0 Å². The zero-order valence-corrected chi connectivity index (χ0v) is 14.3. The number of likely N-dealkylation sites (tertiary alicyclic amines) is 1. The quantitative estimate of drug-likeness (QED) is 0.666. The van der Waals surface area contributed by atoms with E-state index in [1.165, 1.54) is 24.2 Å². The van der Waals surface area contributed by atoms with Gasteiger partial charge in [0.05, 0.1) is 26.3 Å². The van der Waals surface area contributed by atoms with Crippen molar-refractivity contribution in [2.75, 3.05) is 33.4 Å². The fraction of sp³-hybridized carbons (Fsp3) is 0.667. The van der Waals surface area contributed by atoms with E-state index in [1.807, 2.05) is 13.0 Å². The number of aliphatic hydroxyl groups excluding tert-OH is 2. The number of piperidine rings is 1. The number of aliphatic hydroxyl groups is 2. The van der Waals surface area contributed by atoms with Crippen LogP contribution in [0.25, 0.3) is 0 Å². The number of methoxy groups -OCH3 is 1. The van der Waals surface area contributed by atoms with Gasteiger partial charge >= 0.3 is 0 Å². The Morgan fingerprint density at radius 1 is 1.13 bits per heavy atom.